The van der Waals surface area contributed by atoms with E-state index in [0.29, 0.717) is 5.84 Å². The van der Waals surface area contributed by atoms with E-state index in [1.807, 2.05) is 6.92 Å². The topological polar surface area (TPSA) is 41.8 Å². The number of carbonyl (C=O) groups is 1. The van der Waals surface area contributed by atoms with E-state index in [2.05, 4.69) is 16.9 Å². The molecule has 14 heavy (non-hydrogen) atoms. The first-order valence-electron chi connectivity index (χ1n) is 5.26. The molecule has 0 aromatic heterocycles. The summed E-state index contributed by atoms with van der Waals surface area (Å²) < 4.78 is 0. The fraction of sp³-hybridized carbons (Fsp3) is 0.727. The molecule has 1 atom stereocenters. The molecule has 1 aliphatic heterocycles. The molecule has 1 heterocycles. The Kier molecular flexibility index (Phi) is 3.98. The maximum absolute atomic E-state index is 11.2. The van der Waals surface area contributed by atoms with Crippen LogP contribution in [0.2, 0.25) is 0 Å². The maximum atomic E-state index is 11.2. The molecule has 0 saturated heterocycles. The van der Waals surface area contributed by atoms with Crippen molar-refractivity contribution in [1.82, 2.24) is 0 Å². The molecule has 0 fully saturated rings. The van der Waals surface area contributed by atoms with Crippen LogP contribution in [0.3, 0.4) is 0 Å². The molecule has 0 radical (unpaired) electrons. The van der Waals surface area contributed by atoms with Gasteiger partial charge in [0, 0.05) is 12.6 Å². The van der Waals surface area contributed by atoms with Crippen LogP contribution in [0.1, 0.15) is 46.5 Å². The van der Waals surface area contributed by atoms with Crippen LogP contribution in [0.15, 0.2) is 9.98 Å². The Bertz CT molecular complexity index is 279. The number of rotatable bonds is 2. The van der Waals surface area contributed by atoms with Gasteiger partial charge in [0.15, 0.2) is 11.6 Å². The second kappa shape index (κ2) is 5.03. The lowest BCUT2D eigenvalue weighted by Gasteiger charge is -2.13. The third kappa shape index (κ3) is 3.05. The zero-order valence-corrected chi connectivity index (χ0v) is 9.21. The second-order valence-electron chi connectivity index (χ2n) is 3.81. The molecule has 0 N–H and O–H groups in total. The lowest BCUT2D eigenvalue weighted by atomic mass is 10.1. The van der Waals surface area contributed by atoms with Gasteiger partial charge in [-0.3, -0.25) is 9.79 Å². The van der Waals surface area contributed by atoms with Crippen molar-refractivity contribution in [2.24, 2.45) is 9.98 Å². The van der Waals surface area contributed by atoms with Gasteiger partial charge in [-0.2, -0.15) is 0 Å². The van der Waals surface area contributed by atoms with Crippen molar-refractivity contribution in [3.05, 3.63) is 0 Å². The molecule has 1 unspecified atom stereocenters. The van der Waals surface area contributed by atoms with E-state index in [1.54, 1.807) is 0 Å². The third-order valence-electron chi connectivity index (χ3n) is 2.46. The molecule has 0 saturated carbocycles. The number of carbonyl (C=O) groups excluding carboxylic acids is 1. The standard InChI is InChI=1S/C11H18N2O/c1-4-10-7-5-6-8(2)12-11(13-10)9(3)14/h10H,4-7H2,1-3H3. The van der Waals surface area contributed by atoms with Crippen LogP contribution >= 0.6 is 0 Å². The molecule has 0 aliphatic carbocycles. The fourth-order valence-electron chi connectivity index (χ4n) is 1.56. The van der Waals surface area contributed by atoms with Crippen molar-refractivity contribution in [3.8, 4) is 0 Å². The van der Waals surface area contributed by atoms with Crippen LogP contribution in [0.25, 0.3) is 0 Å². The first kappa shape index (κ1) is 11.1. The minimum Gasteiger partial charge on any atom is -0.291 e. The summed E-state index contributed by atoms with van der Waals surface area (Å²) in [6, 6.07) is 0.283. The van der Waals surface area contributed by atoms with Gasteiger partial charge in [0.25, 0.3) is 0 Å². The highest BCUT2D eigenvalue weighted by atomic mass is 16.1. The second-order valence-corrected chi connectivity index (χ2v) is 3.81. The van der Waals surface area contributed by atoms with Gasteiger partial charge in [0.2, 0.25) is 0 Å². The van der Waals surface area contributed by atoms with Crippen LogP contribution in [0.4, 0.5) is 0 Å². The van der Waals surface area contributed by atoms with E-state index in [9.17, 15) is 4.79 Å². The Balaban J connectivity index is 2.91. The Labute approximate surface area is 85.3 Å². The highest BCUT2D eigenvalue weighted by molar-refractivity contribution is 6.40. The summed E-state index contributed by atoms with van der Waals surface area (Å²) in [4.78, 5) is 19.9. The van der Waals surface area contributed by atoms with Crippen molar-refractivity contribution >= 4 is 17.3 Å². The minimum atomic E-state index is -0.0234. The Morgan fingerprint density at radius 1 is 1.57 bits per heavy atom. The molecule has 1 rings (SSSR count). The predicted molar refractivity (Wildman–Crippen MR) is 59.2 cm³/mol. The van der Waals surface area contributed by atoms with Gasteiger partial charge < -0.3 is 0 Å². The van der Waals surface area contributed by atoms with Crippen molar-refractivity contribution in [2.45, 2.75) is 52.5 Å². The molecule has 0 spiro atoms. The Morgan fingerprint density at radius 3 is 2.86 bits per heavy atom. The van der Waals surface area contributed by atoms with Gasteiger partial charge in [-0.05, 0) is 32.6 Å². The van der Waals surface area contributed by atoms with Crippen molar-refractivity contribution in [3.63, 3.8) is 0 Å². The Morgan fingerprint density at radius 2 is 2.29 bits per heavy atom. The Hall–Kier alpha value is -0.990. The average Bonchev–Trinajstić information content (AvgIpc) is 2.10. The zero-order valence-electron chi connectivity index (χ0n) is 9.21. The molecule has 3 nitrogen and oxygen atoms in total. The zero-order chi connectivity index (χ0) is 10.6. The number of ketones is 1. The number of nitrogens with zero attached hydrogens (tertiary/aromatic N) is 2. The summed E-state index contributed by atoms with van der Waals surface area (Å²) in [6.45, 7) is 5.60. The first-order chi connectivity index (χ1) is 6.63. The summed E-state index contributed by atoms with van der Waals surface area (Å²) in [5, 5.41) is 0. The quantitative estimate of drug-likeness (QED) is 0.665. The number of Topliss-reactive ketones (excluding diaryl/α,β-unsaturated/α-hetero) is 1. The average molecular weight is 194 g/mol. The van der Waals surface area contributed by atoms with Gasteiger partial charge >= 0.3 is 0 Å². The summed E-state index contributed by atoms with van der Waals surface area (Å²) in [7, 11) is 0. The molecule has 0 amide bonds. The monoisotopic (exact) mass is 194 g/mol. The lowest BCUT2D eigenvalue weighted by molar-refractivity contribution is -0.111. The fourth-order valence-corrected chi connectivity index (χ4v) is 1.56. The summed E-state index contributed by atoms with van der Waals surface area (Å²) in [5.74, 6) is 0.388. The minimum absolute atomic E-state index is 0.0234. The molecular weight excluding hydrogens is 176 g/mol. The number of hydrogen-bond acceptors (Lipinski definition) is 3. The maximum Gasteiger partial charge on any atom is 0.196 e. The van der Waals surface area contributed by atoms with Crippen LogP contribution in [-0.4, -0.2) is 23.4 Å². The molecule has 78 valence electrons. The number of amidine groups is 1. The summed E-state index contributed by atoms with van der Waals surface area (Å²) in [6.07, 6.45) is 4.18. The van der Waals surface area contributed by atoms with Gasteiger partial charge in [-0.1, -0.05) is 6.92 Å². The third-order valence-corrected chi connectivity index (χ3v) is 2.46. The number of hydrogen-bond donors (Lipinski definition) is 0. The SMILES string of the molecule is CCC1CCCC(C)=NC(C(C)=O)=N1. The molecule has 0 aromatic rings. The van der Waals surface area contributed by atoms with Gasteiger partial charge in [0.1, 0.15) is 0 Å². The van der Waals surface area contributed by atoms with Crippen LogP contribution in [0, 0.1) is 0 Å². The molecule has 1 aliphatic rings. The predicted octanol–water partition coefficient (Wildman–Crippen LogP) is 2.40. The molecule has 3 heteroatoms. The summed E-state index contributed by atoms with van der Waals surface area (Å²) in [5.41, 5.74) is 1.02. The molecular formula is C11H18N2O. The molecule has 0 aromatic carbocycles. The highest BCUT2D eigenvalue weighted by Crippen LogP contribution is 2.13. The van der Waals surface area contributed by atoms with Crippen LogP contribution < -0.4 is 0 Å². The van der Waals surface area contributed by atoms with Crippen LogP contribution in [0.5, 0.6) is 0 Å². The first-order valence-corrected chi connectivity index (χ1v) is 5.26. The van der Waals surface area contributed by atoms with E-state index in [1.165, 1.54) is 6.92 Å². The van der Waals surface area contributed by atoms with Gasteiger partial charge in [0.05, 0.1) is 6.04 Å². The van der Waals surface area contributed by atoms with Crippen molar-refractivity contribution in [2.75, 3.05) is 0 Å². The van der Waals surface area contributed by atoms with Gasteiger partial charge in [-0.25, -0.2) is 4.99 Å². The van der Waals surface area contributed by atoms with Crippen LogP contribution in [-0.2, 0) is 4.79 Å². The largest absolute Gasteiger partial charge is 0.291 e. The lowest BCUT2D eigenvalue weighted by Crippen LogP contribution is -2.17. The van der Waals surface area contributed by atoms with E-state index >= 15 is 0 Å². The summed E-state index contributed by atoms with van der Waals surface area (Å²) >= 11 is 0. The number of aliphatic imine (C=N–C) groups is 2. The highest BCUT2D eigenvalue weighted by Gasteiger charge is 2.13. The van der Waals surface area contributed by atoms with E-state index < -0.39 is 0 Å². The smallest absolute Gasteiger partial charge is 0.196 e. The van der Waals surface area contributed by atoms with E-state index in [0.717, 1.165) is 31.4 Å². The van der Waals surface area contributed by atoms with Crippen molar-refractivity contribution in [1.29, 1.82) is 0 Å². The normalized spacial score (nSPS) is 23.2. The van der Waals surface area contributed by atoms with Gasteiger partial charge in [-0.15, -0.1) is 0 Å². The van der Waals surface area contributed by atoms with E-state index in [4.69, 9.17) is 0 Å². The van der Waals surface area contributed by atoms with Crippen molar-refractivity contribution < 1.29 is 4.79 Å². The van der Waals surface area contributed by atoms with E-state index in [-0.39, 0.29) is 11.8 Å². The molecule has 0 bridgehead atoms.